The van der Waals surface area contributed by atoms with Crippen LogP contribution < -0.4 is 15.5 Å². The fraction of sp³-hybridized carbons (Fsp3) is 0.364. The lowest BCUT2D eigenvalue weighted by Crippen LogP contribution is -2.49. The van der Waals surface area contributed by atoms with E-state index in [1.807, 2.05) is 6.07 Å². The largest absolute Gasteiger partial charge is 0.374 e. The van der Waals surface area contributed by atoms with Crippen LogP contribution in [0.15, 0.2) is 47.4 Å². The molecule has 2 aliphatic rings. The lowest BCUT2D eigenvalue weighted by atomic mass is 9.99. The van der Waals surface area contributed by atoms with Crippen molar-refractivity contribution in [2.24, 2.45) is 0 Å². The zero-order valence-corrected chi connectivity index (χ0v) is 18.2. The minimum atomic E-state index is -3.77. The molecule has 1 saturated heterocycles. The van der Waals surface area contributed by atoms with Gasteiger partial charge in [0.05, 0.1) is 11.4 Å². The predicted molar refractivity (Wildman–Crippen MR) is 117 cm³/mol. The summed E-state index contributed by atoms with van der Waals surface area (Å²) in [5, 5.41) is 5.50. The van der Waals surface area contributed by atoms with Crippen molar-refractivity contribution in [3.63, 3.8) is 0 Å². The van der Waals surface area contributed by atoms with E-state index in [0.717, 1.165) is 29.3 Å². The second kappa shape index (κ2) is 8.68. The van der Waals surface area contributed by atoms with Crippen molar-refractivity contribution in [2.45, 2.75) is 24.3 Å². The first-order chi connectivity index (χ1) is 14.8. The summed E-state index contributed by atoms with van der Waals surface area (Å²) in [7, 11) is -1.68. The molecule has 0 atom stereocenters. The molecule has 31 heavy (non-hydrogen) atoms. The molecule has 2 N–H and O–H groups in total. The summed E-state index contributed by atoms with van der Waals surface area (Å²) in [5.74, 6) is -0.587. The Morgan fingerprint density at radius 3 is 2.65 bits per heavy atom. The van der Waals surface area contributed by atoms with E-state index in [-0.39, 0.29) is 36.3 Å². The summed E-state index contributed by atoms with van der Waals surface area (Å²) >= 11 is 0. The number of carbonyl (C=O) groups excluding carboxylic acids is 2. The third-order valence-electron chi connectivity index (χ3n) is 5.71. The molecule has 8 nitrogen and oxygen atoms in total. The third-order valence-corrected chi connectivity index (χ3v) is 7.56. The summed E-state index contributed by atoms with van der Waals surface area (Å²) in [6, 6.07) is 12.1. The molecular formula is C22H26N4O4S. The Morgan fingerprint density at radius 1 is 1.13 bits per heavy atom. The van der Waals surface area contributed by atoms with Crippen LogP contribution in [0.3, 0.4) is 0 Å². The molecule has 9 heteroatoms. The number of carbonyl (C=O) groups is 2. The number of aryl methyl sites for hydroxylation is 1. The number of hydrogen-bond donors (Lipinski definition) is 2. The average Bonchev–Trinajstić information content (AvgIpc) is 2.77. The summed E-state index contributed by atoms with van der Waals surface area (Å²) in [4.78, 5) is 26.3. The van der Waals surface area contributed by atoms with E-state index >= 15 is 0 Å². The van der Waals surface area contributed by atoms with E-state index in [1.54, 1.807) is 0 Å². The number of piperazine rings is 1. The van der Waals surface area contributed by atoms with E-state index in [9.17, 15) is 18.0 Å². The highest BCUT2D eigenvalue weighted by Gasteiger charge is 2.29. The van der Waals surface area contributed by atoms with Crippen molar-refractivity contribution >= 4 is 27.5 Å². The van der Waals surface area contributed by atoms with Gasteiger partial charge in [0.25, 0.3) is 5.91 Å². The van der Waals surface area contributed by atoms with E-state index in [4.69, 9.17) is 0 Å². The molecule has 4 rings (SSSR count). The fourth-order valence-electron chi connectivity index (χ4n) is 3.98. The lowest BCUT2D eigenvalue weighted by molar-refractivity contribution is -0.122. The first-order valence-electron chi connectivity index (χ1n) is 10.3. The average molecular weight is 443 g/mol. The lowest BCUT2D eigenvalue weighted by Gasteiger charge is -2.27. The summed E-state index contributed by atoms with van der Waals surface area (Å²) < 4.78 is 26.6. The first kappa shape index (κ1) is 21.3. The van der Waals surface area contributed by atoms with Gasteiger partial charge in [0, 0.05) is 44.5 Å². The van der Waals surface area contributed by atoms with Gasteiger partial charge in [-0.1, -0.05) is 12.1 Å². The Balaban J connectivity index is 1.40. The van der Waals surface area contributed by atoms with E-state index < -0.39 is 10.0 Å². The highest BCUT2D eigenvalue weighted by molar-refractivity contribution is 7.89. The van der Waals surface area contributed by atoms with Gasteiger partial charge in [-0.25, -0.2) is 8.42 Å². The number of nitrogens with zero attached hydrogens (tertiary/aromatic N) is 2. The number of anilines is 1. The van der Waals surface area contributed by atoms with Gasteiger partial charge in [0.2, 0.25) is 15.9 Å². The van der Waals surface area contributed by atoms with Crippen LogP contribution in [0.25, 0.3) is 0 Å². The van der Waals surface area contributed by atoms with Crippen molar-refractivity contribution in [2.75, 3.05) is 38.1 Å². The van der Waals surface area contributed by atoms with Crippen molar-refractivity contribution in [3.8, 4) is 0 Å². The van der Waals surface area contributed by atoms with Gasteiger partial charge in [-0.2, -0.15) is 4.31 Å². The van der Waals surface area contributed by atoms with Crippen LogP contribution in [0.4, 0.5) is 5.69 Å². The second-order valence-corrected chi connectivity index (χ2v) is 9.82. The zero-order chi connectivity index (χ0) is 22.0. The standard InChI is InChI=1S/C22H26N4O4S/c1-25-11-2-3-18-13-16(4-9-20(18)25)14-24-22(28)17-5-7-19(8-6-17)31(29,30)26-12-10-23-21(27)15-26/h4-9,13H,2-3,10-12,14-15H2,1H3,(H,23,27)(H,24,28). The maximum Gasteiger partial charge on any atom is 0.251 e. The van der Waals surface area contributed by atoms with Crippen LogP contribution in [0.2, 0.25) is 0 Å². The minimum absolute atomic E-state index is 0.0672. The van der Waals surface area contributed by atoms with Gasteiger partial charge in [-0.15, -0.1) is 0 Å². The van der Waals surface area contributed by atoms with E-state index in [0.29, 0.717) is 12.1 Å². The Hall–Kier alpha value is -2.91. The molecule has 0 bridgehead atoms. The van der Waals surface area contributed by atoms with Gasteiger partial charge in [-0.05, 0) is 54.3 Å². The molecule has 0 aromatic heterocycles. The van der Waals surface area contributed by atoms with E-state index in [1.165, 1.54) is 35.5 Å². The van der Waals surface area contributed by atoms with Crippen LogP contribution in [0.1, 0.15) is 27.9 Å². The van der Waals surface area contributed by atoms with Gasteiger partial charge in [-0.3, -0.25) is 9.59 Å². The topological polar surface area (TPSA) is 98.8 Å². The van der Waals surface area contributed by atoms with Crippen molar-refractivity contribution in [3.05, 3.63) is 59.2 Å². The monoisotopic (exact) mass is 442 g/mol. The molecule has 164 valence electrons. The van der Waals surface area contributed by atoms with Crippen molar-refractivity contribution < 1.29 is 18.0 Å². The Bertz CT molecular complexity index is 1100. The van der Waals surface area contributed by atoms with Crippen LogP contribution in [0, 0.1) is 0 Å². The van der Waals surface area contributed by atoms with Gasteiger partial charge in [0.1, 0.15) is 0 Å². The van der Waals surface area contributed by atoms with Crippen LogP contribution >= 0.6 is 0 Å². The normalized spacial score (nSPS) is 17.1. The molecule has 0 unspecified atom stereocenters. The van der Waals surface area contributed by atoms with Crippen LogP contribution in [0.5, 0.6) is 0 Å². The maximum absolute atomic E-state index is 12.7. The molecule has 1 fully saturated rings. The minimum Gasteiger partial charge on any atom is -0.374 e. The molecule has 0 radical (unpaired) electrons. The smallest absolute Gasteiger partial charge is 0.251 e. The van der Waals surface area contributed by atoms with E-state index in [2.05, 4.69) is 34.7 Å². The quantitative estimate of drug-likeness (QED) is 0.723. The zero-order valence-electron chi connectivity index (χ0n) is 17.4. The molecule has 0 saturated carbocycles. The summed E-state index contributed by atoms with van der Waals surface area (Å²) in [6.07, 6.45) is 2.16. The number of fused-ring (bicyclic) bond motifs is 1. The predicted octanol–water partition coefficient (Wildman–Crippen LogP) is 1.12. The number of hydrogen-bond acceptors (Lipinski definition) is 5. The molecule has 2 amide bonds. The molecule has 2 aliphatic heterocycles. The van der Waals surface area contributed by atoms with Crippen LogP contribution in [-0.2, 0) is 27.8 Å². The number of rotatable bonds is 5. The molecule has 2 aromatic carbocycles. The highest BCUT2D eigenvalue weighted by Crippen LogP contribution is 2.26. The molecular weight excluding hydrogens is 416 g/mol. The molecule has 0 spiro atoms. The third kappa shape index (κ3) is 4.57. The van der Waals surface area contributed by atoms with Crippen molar-refractivity contribution in [1.29, 1.82) is 0 Å². The summed E-state index contributed by atoms with van der Waals surface area (Å²) in [6.45, 7) is 1.78. The van der Waals surface area contributed by atoms with Crippen molar-refractivity contribution in [1.82, 2.24) is 14.9 Å². The molecule has 0 aliphatic carbocycles. The van der Waals surface area contributed by atoms with Crippen LogP contribution in [-0.4, -0.2) is 57.8 Å². The number of amides is 2. The Morgan fingerprint density at radius 2 is 1.90 bits per heavy atom. The highest BCUT2D eigenvalue weighted by atomic mass is 32.2. The maximum atomic E-state index is 12.7. The Kier molecular flexibility index (Phi) is 5.97. The first-order valence-corrected chi connectivity index (χ1v) is 11.8. The van der Waals surface area contributed by atoms with Gasteiger partial charge < -0.3 is 15.5 Å². The fourth-order valence-corrected chi connectivity index (χ4v) is 5.38. The van der Waals surface area contributed by atoms with Gasteiger partial charge >= 0.3 is 0 Å². The summed E-state index contributed by atoms with van der Waals surface area (Å²) in [5.41, 5.74) is 3.95. The Labute approximate surface area is 182 Å². The van der Waals surface area contributed by atoms with Gasteiger partial charge in [0.15, 0.2) is 0 Å². The second-order valence-electron chi connectivity index (χ2n) is 7.88. The molecule has 2 aromatic rings. The number of benzene rings is 2. The molecule has 2 heterocycles. The number of nitrogens with one attached hydrogen (secondary N) is 2. The number of sulfonamides is 1. The SMILES string of the molecule is CN1CCCc2cc(CNC(=O)c3ccc(S(=O)(=O)N4CCNC(=O)C4)cc3)ccc21.